The molecule has 92 valence electrons. The molecule has 2 aromatic carbocycles. The maximum atomic E-state index is 12.4. The summed E-state index contributed by atoms with van der Waals surface area (Å²) in [6.07, 6.45) is 0. The van der Waals surface area contributed by atoms with E-state index in [0.29, 0.717) is 16.1 Å². The van der Waals surface area contributed by atoms with Crippen molar-refractivity contribution in [1.29, 1.82) is 0 Å². The second kappa shape index (κ2) is 5.55. The molecule has 0 aliphatic heterocycles. The van der Waals surface area contributed by atoms with Gasteiger partial charge >= 0.3 is 0 Å². The molecule has 2 rings (SSSR count). The minimum absolute atomic E-state index is 0.0509. The number of carbonyl (C=O) groups is 1. The van der Waals surface area contributed by atoms with Crippen molar-refractivity contribution in [3.8, 4) is 0 Å². The second-order valence-corrected chi connectivity index (χ2v) is 6.07. The molecule has 0 spiro atoms. The Hall–Kier alpha value is -0.640. The summed E-state index contributed by atoms with van der Waals surface area (Å²) in [6, 6.07) is 10.7. The summed E-state index contributed by atoms with van der Waals surface area (Å²) in [5, 5.41) is 0.558. The molecule has 0 heterocycles. The van der Waals surface area contributed by atoms with Crippen LogP contribution in [0.5, 0.6) is 0 Å². The summed E-state index contributed by atoms with van der Waals surface area (Å²) in [6.45, 7) is 1.97. The third kappa shape index (κ3) is 2.85. The topological polar surface area (TPSA) is 17.1 Å². The Bertz CT molecular complexity index is 623. The van der Waals surface area contributed by atoms with Crippen molar-refractivity contribution in [3.63, 3.8) is 0 Å². The molecule has 1 nitrogen and oxygen atoms in total. The Morgan fingerprint density at radius 1 is 1.11 bits per heavy atom. The average Bonchev–Trinajstić information content (AvgIpc) is 2.33. The van der Waals surface area contributed by atoms with Gasteiger partial charge < -0.3 is 0 Å². The predicted octanol–water partition coefficient (Wildman–Crippen LogP) is 5.40. The second-order valence-electron chi connectivity index (χ2n) is 3.92. The molecular weight excluding hydrogens is 379 g/mol. The minimum Gasteiger partial charge on any atom is -0.289 e. The fourth-order valence-electron chi connectivity index (χ4n) is 1.61. The van der Waals surface area contributed by atoms with Crippen LogP contribution in [0.1, 0.15) is 21.5 Å². The highest BCUT2D eigenvalue weighted by Gasteiger charge is 2.14. The van der Waals surface area contributed by atoms with E-state index in [1.165, 1.54) is 0 Å². The lowest BCUT2D eigenvalue weighted by molar-refractivity contribution is 0.103. The van der Waals surface area contributed by atoms with Gasteiger partial charge in [-0.1, -0.05) is 55.6 Å². The molecule has 18 heavy (non-hydrogen) atoms. The number of aryl methyl sites for hydroxylation is 1. The van der Waals surface area contributed by atoms with Gasteiger partial charge in [0.05, 0.1) is 0 Å². The van der Waals surface area contributed by atoms with Gasteiger partial charge in [0.1, 0.15) is 0 Å². The van der Waals surface area contributed by atoms with Crippen LogP contribution in [0.2, 0.25) is 5.02 Å². The largest absolute Gasteiger partial charge is 0.289 e. The highest BCUT2D eigenvalue weighted by molar-refractivity contribution is 9.11. The number of rotatable bonds is 2. The number of hydrogen-bond acceptors (Lipinski definition) is 1. The van der Waals surface area contributed by atoms with Crippen molar-refractivity contribution in [2.45, 2.75) is 6.92 Å². The summed E-state index contributed by atoms with van der Waals surface area (Å²) >= 11 is 12.8. The van der Waals surface area contributed by atoms with Crippen molar-refractivity contribution in [3.05, 3.63) is 67.1 Å². The molecule has 0 fully saturated rings. The van der Waals surface area contributed by atoms with Gasteiger partial charge in [-0.15, -0.1) is 0 Å². The van der Waals surface area contributed by atoms with E-state index in [1.807, 2.05) is 19.1 Å². The van der Waals surface area contributed by atoms with Crippen LogP contribution in [0.4, 0.5) is 0 Å². The molecule has 2 aromatic rings. The normalized spacial score (nSPS) is 10.4. The first-order valence-corrected chi connectivity index (χ1v) is 7.21. The standard InChI is InChI=1S/C14H9Br2ClO/c1-8-5-13(16)11(7-12(8)15)14(18)9-3-2-4-10(17)6-9/h2-7H,1H3. The highest BCUT2D eigenvalue weighted by atomic mass is 79.9. The third-order valence-corrected chi connectivity index (χ3v) is 4.33. The van der Waals surface area contributed by atoms with Crippen LogP contribution in [0.25, 0.3) is 0 Å². The van der Waals surface area contributed by atoms with Gasteiger partial charge in [0.2, 0.25) is 0 Å². The van der Waals surface area contributed by atoms with Crippen LogP contribution >= 0.6 is 43.5 Å². The zero-order valence-electron chi connectivity index (χ0n) is 9.51. The predicted molar refractivity (Wildman–Crippen MR) is 81.5 cm³/mol. The monoisotopic (exact) mass is 386 g/mol. The lowest BCUT2D eigenvalue weighted by Gasteiger charge is -2.07. The first-order chi connectivity index (χ1) is 8.49. The summed E-state index contributed by atoms with van der Waals surface area (Å²) in [7, 11) is 0. The molecule has 0 aliphatic rings. The first-order valence-electron chi connectivity index (χ1n) is 5.25. The van der Waals surface area contributed by atoms with Crippen molar-refractivity contribution < 1.29 is 4.79 Å². The van der Waals surface area contributed by atoms with Gasteiger partial charge in [-0.3, -0.25) is 4.79 Å². The molecule has 0 amide bonds. The van der Waals surface area contributed by atoms with E-state index in [2.05, 4.69) is 31.9 Å². The molecular formula is C14H9Br2ClO. The van der Waals surface area contributed by atoms with Gasteiger partial charge in [0.15, 0.2) is 5.78 Å². The molecule has 0 unspecified atom stereocenters. The fraction of sp³-hybridized carbons (Fsp3) is 0.0714. The molecule has 0 radical (unpaired) electrons. The van der Waals surface area contributed by atoms with E-state index in [4.69, 9.17) is 11.6 Å². The molecule has 0 aromatic heterocycles. The number of carbonyl (C=O) groups excluding carboxylic acids is 1. The van der Waals surface area contributed by atoms with E-state index in [9.17, 15) is 4.79 Å². The molecule has 4 heteroatoms. The quantitative estimate of drug-likeness (QED) is 0.629. The molecule has 0 atom stereocenters. The SMILES string of the molecule is Cc1cc(Br)c(C(=O)c2cccc(Cl)c2)cc1Br. The summed E-state index contributed by atoms with van der Waals surface area (Å²) in [5.74, 6) is -0.0509. The number of benzene rings is 2. The minimum atomic E-state index is -0.0509. The van der Waals surface area contributed by atoms with Crippen molar-refractivity contribution in [2.75, 3.05) is 0 Å². The Morgan fingerprint density at radius 3 is 2.50 bits per heavy atom. The van der Waals surface area contributed by atoms with Crippen molar-refractivity contribution in [1.82, 2.24) is 0 Å². The summed E-state index contributed by atoms with van der Waals surface area (Å²) in [4.78, 5) is 12.4. The maximum absolute atomic E-state index is 12.4. The zero-order valence-corrected chi connectivity index (χ0v) is 13.4. The van der Waals surface area contributed by atoms with Gasteiger partial charge in [-0.05, 0) is 36.8 Å². The van der Waals surface area contributed by atoms with Crippen LogP contribution in [-0.2, 0) is 0 Å². The molecule has 0 aliphatic carbocycles. The fourth-order valence-corrected chi connectivity index (χ4v) is 2.78. The Kier molecular flexibility index (Phi) is 4.25. The van der Waals surface area contributed by atoms with E-state index in [0.717, 1.165) is 14.5 Å². The molecule has 0 bridgehead atoms. The molecule has 0 N–H and O–H groups in total. The van der Waals surface area contributed by atoms with Gasteiger partial charge in [0, 0.05) is 25.1 Å². The van der Waals surface area contributed by atoms with Gasteiger partial charge in [-0.25, -0.2) is 0 Å². The van der Waals surface area contributed by atoms with Crippen LogP contribution in [-0.4, -0.2) is 5.78 Å². The summed E-state index contributed by atoms with van der Waals surface area (Å²) < 4.78 is 1.70. The Labute approximate surface area is 127 Å². The first kappa shape index (κ1) is 13.8. The van der Waals surface area contributed by atoms with E-state index in [-0.39, 0.29) is 5.78 Å². The van der Waals surface area contributed by atoms with Gasteiger partial charge in [-0.2, -0.15) is 0 Å². The van der Waals surface area contributed by atoms with E-state index < -0.39 is 0 Å². The maximum Gasteiger partial charge on any atom is 0.194 e. The Morgan fingerprint density at radius 2 is 1.83 bits per heavy atom. The van der Waals surface area contributed by atoms with E-state index >= 15 is 0 Å². The van der Waals surface area contributed by atoms with Crippen LogP contribution in [0, 0.1) is 6.92 Å². The number of hydrogen-bond donors (Lipinski definition) is 0. The molecule has 0 saturated carbocycles. The highest BCUT2D eigenvalue weighted by Crippen LogP contribution is 2.27. The number of halogens is 3. The van der Waals surface area contributed by atoms with Crippen LogP contribution in [0.15, 0.2) is 45.3 Å². The third-order valence-electron chi connectivity index (χ3n) is 2.58. The number of ketones is 1. The summed E-state index contributed by atoms with van der Waals surface area (Å²) in [5.41, 5.74) is 2.28. The van der Waals surface area contributed by atoms with E-state index in [1.54, 1.807) is 24.3 Å². The smallest absolute Gasteiger partial charge is 0.194 e. The molecule has 0 saturated heterocycles. The Balaban J connectivity index is 2.49. The average molecular weight is 388 g/mol. The van der Waals surface area contributed by atoms with Crippen LogP contribution < -0.4 is 0 Å². The lowest BCUT2D eigenvalue weighted by Crippen LogP contribution is -2.03. The van der Waals surface area contributed by atoms with Crippen molar-refractivity contribution >= 4 is 49.2 Å². The van der Waals surface area contributed by atoms with Crippen LogP contribution in [0.3, 0.4) is 0 Å². The lowest BCUT2D eigenvalue weighted by atomic mass is 10.0. The van der Waals surface area contributed by atoms with Crippen molar-refractivity contribution in [2.24, 2.45) is 0 Å². The zero-order chi connectivity index (χ0) is 13.3. The van der Waals surface area contributed by atoms with Gasteiger partial charge in [0.25, 0.3) is 0 Å².